The van der Waals surface area contributed by atoms with Gasteiger partial charge in [0.1, 0.15) is 24.9 Å². The van der Waals surface area contributed by atoms with Gasteiger partial charge in [0.25, 0.3) is 0 Å². The fourth-order valence-corrected chi connectivity index (χ4v) is 15.9. The van der Waals surface area contributed by atoms with E-state index in [0.29, 0.717) is 12.8 Å². The molecule has 0 bridgehead atoms. The average Bonchev–Trinajstić information content (AvgIpc) is 2.07. The molecule has 0 radical (unpaired) electrons. The Bertz CT molecular complexity index is 1510. The van der Waals surface area contributed by atoms with Gasteiger partial charge in [-0.25, -0.2) is 0 Å². The Labute approximate surface area is 568 Å². The zero-order valence-electron chi connectivity index (χ0n) is 61.7. The summed E-state index contributed by atoms with van der Waals surface area (Å²) >= 11 is 0. The van der Waals surface area contributed by atoms with Crippen molar-refractivity contribution in [2.45, 2.75) is 488 Å². The summed E-state index contributed by atoms with van der Waals surface area (Å²) in [6.45, 7) is 4.44. The minimum absolute atomic E-state index is 0.166. The van der Waals surface area contributed by atoms with Crippen molar-refractivity contribution in [3.8, 4) is 0 Å². The van der Waals surface area contributed by atoms with Crippen LogP contribution in [-0.4, -0.2) is 65.7 Å². The van der Waals surface area contributed by atoms with Gasteiger partial charge in [-0.3, -0.25) is 4.79 Å². The second-order valence-electron chi connectivity index (χ2n) is 31.2. The average molecular weight is 1280 g/mol. The molecular formula is C84H162O7. The minimum atomic E-state index is -1.19. The number of rotatable bonds is 74. The third kappa shape index (κ3) is 49.4. The van der Waals surface area contributed by atoms with E-state index < -0.39 is 42.6 Å². The lowest BCUT2D eigenvalue weighted by Gasteiger charge is -2.23. The maximum atomic E-state index is 13.5. The van der Waals surface area contributed by atoms with Crippen molar-refractivity contribution in [2.24, 2.45) is 29.6 Å². The van der Waals surface area contributed by atoms with Gasteiger partial charge >= 0.3 is 5.97 Å². The van der Waals surface area contributed by atoms with Gasteiger partial charge in [-0.05, 0) is 49.4 Å². The predicted molar refractivity (Wildman–Crippen MR) is 392 cm³/mol. The van der Waals surface area contributed by atoms with Crippen LogP contribution in [0.25, 0.3) is 0 Å². The van der Waals surface area contributed by atoms with Crippen molar-refractivity contribution in [2.75, 3.05) is 13.7 Å². The highest BCUT2D eigenvalue weighted by molar-refractivity contribution is 5.73. The molecule has 3 rings (SSSR count). The van der Waals surface area contributed by atoms with Crippen LogP contribution < -0.4 is 0 Å². The lowest BCUT2D eigenvalue weighted by atomic mass is 9.91. The van der Waals surface area contributed by atoms with Gasteiger partial charge < -0.3 is 29.5 Å². The number of aliphatic hydroxyl groups is 3. The van der Waals surface area contributed by atoms with E-state index in [4.69, 9.17) is 14.2 Å². The highest BCUT2D eigenvalue weighted by Gasteiger charge is 2.44. The molecule has 10 atom stereocenters. The number of carbonyl (C=O) groups excluding carboxylic acids is 1. The quantitative estimate of drug-likeness (QED) is 0.0411. The molecule has 3 aliphatic rings. The smallest absolute Gasteiger partial charge is 0.311 e. The third-order valence-corrected chi connectivity index (χ3v) is 22.6. The molecule has 1 heterocycles. The summed E-state index contributed by atoms with van der Waals surface area (Å²) in [5.41, 5.74) is 0. The molecule has 91 heavy (non-hydrogen) atoms. The SMILES string of the molecule is CCCCCCCCCCCCCCCCCCCCCCCC[C@@H](C(=O)OC[C@H]1O[C@H](OC)[C@@H](O)[C@@H]1O)[C@H](O)CCCCCCCCCCC[C@H]1C[C@H]1CCCCCCCCCCCCCC[C@H]1C[C@H]1CCCCCCCCCCCCCCCCCCCC. The molecule has 0 unspecified atom stereocenters. The van der Waals surface area contributed by atoms with Crippen LogP contribution in [0.15, 0.2) is 0 Å². The van der Waals surface area contributed by atoms with Gasteiger partial charge in [-0.1, -0.05) is 431 Å². The lowest BCUT2D eigenvalue weighted by molar-refractivity contribution is -0.170. The van der Waals surface area contributed by atoms with E-state index >= 15 is 0 Å². The minimum Gasteiger partial charge on any atom is -0.463 e. The van der Waals surface area contributed by atoms with Gasteiger partial charge in [-0.15, -0.1) is 0 Å². The molecule has 0 aromatic heterocycles. The van der Waals surface area contributed by atoms with E-state index in [1.54, 1.807) is 12.8 Å². The molecule has 540 valence electrons. The zero-order valence-corrected chi connectivity index (χ0v) is 61.7. The van der Waals surface area contributed by atoms with Crippen LogP contribution in [-0.2, 0) is 19.0 Å². The van der Waals surface area contributed by atoms with E-state index in [1.165, 1.54) is 392 Å². The van der Waals surface area contributed by atoms with Crippen LogP contribution in [0.2, 0.25) is 0 Å². The van der Waals surface area contributed by atoms with E-state index in [2.05, 4.69) is 13.8 Å². The van der Waals surface area contributed by atoms with Crippen molar-refractivity contribution >= 4 is 5.97 Å². The first-order chi connectivity index (χ1) is 44.9. The first-order valence-corrected chi connectivity index (χ1v) is 42.3. The fraction of sp³-hybridized carbons (Fsp3) is 0.988. The Kier molecular flexibility index (Phi) is 58.3. The maximum absolute atomic E-state index is 13.5. The molecule has 0 spiro atoms. The molecule has 0 aromatic carbocycles. The number of ether oxygens (including phenoxy) is 3. The van der Waals surface area contributed by atoms with Crippen molar-refractivity contribution in [1.82, 2.24) is 0 Å². The Morgan fingerprint density at radius 2 is 0.571 bits per heavy atom. The fourth-order valence-electron chi connectivity index (χ4n) is 15.9. The third-order valence-electron chi connectivity index (χ3n) is 22.6. The van der Waals surface area contributed by atoms with Crippen molar-refractivity contribution < 1.29 is 34.3 Å². The molecule has 0 aromatic rings. The summed E-state index contributed by atoms with van der Waals surface area (Å²) in [7, 11) is 1.42. The van der Waals surface area contributed by atoms with E-state index in [-0.39, 0.29) is 6.61 Å². The van der Waals surface area contributed by atoms with Crippen molar-refractivity contribution in [3.63, 3.8) is 0 Å². The second-order valence-corrected chi connectivity index (χ2v) is 31.2. The Morgan fingerprint density at radius 1 is 0.341 bits per heavy atom. The summed E-state index contributed by atoms with van der Waals surface area (Å²) in [6.07, 6.45) is 90.5. The van der Waals surface area contributed by atoms with Gasteiger partial charge in [-0.2, -0.15) is 0 Å². The molecule has 2 aliphatic carbocycles. The summed E-state index contributed by atoms with van der Waals surface area (Å²) in [5.74, 6) is 3.29. The number of unbranched alkanes of at least 4 members (excludes halogenated alkanes) is 57. The van der Waals surface area contributed by atoms with E-state index in [1.807, 2.05) is 0 Å². The second kappa shape index (κ2) is 62.8. The lowest BCUT2D eigenvalue weighted by Crippen LogP contribution is -2.37. The Balaban J connectivity index is 1.03. The number of esters is 1. The monoisotopic (exact) mass is 1280 g/mol. The molecular weight excluding hydrogens is 1120 g/mol. The van der Waals surface area contributed by atoms with Gasteiger partial charge in [0.15, 0.2) is 6.29 Å². The zero-order chi connectivity index (χ0) is 65.0. The van der Waals surface area contributed by atoms with Crippen LogP contribution in [0.5, 0.6) is 0 Å². The summed E-state index contributed by atoms with van der Waals surface area (Å²) in [6, 6.07) is 0. The van der Waals surface area contributed by atoms with Crippen LogP contribution in [0.4, 0.5) is 0 Å². The largest absolute Gasteiger partial charge is 0.463 e. The van der Waals surface area contributed by atoms with Gasteiger partial charge in [0, 0.05) is 7.11 Å². The number of hydrogen-bond donors (Lipinski definition) is 3. The van der Waals surface area contributed by atoms with Crippen molar-refractivity contribution in [1.29, 1.82) is 0 Å². The standard InChI is InChI=1S/C84H162O7/c1-4-6-8-10-12-14-16-18-20-22-24-25-26-27-29-31-33-39-45-51-57-63-69-78(83(88)90-73-80-81(86)82(87)84(89-3)91-80)79(85)70-64-58-52-46-40-44-50-56-62-68-77-72-76(77)67-61-55-49-43-38-35-34-37-42-48-54-60-66-75-71-74(75)65-59-53-47-41-36-32-30-28-23-21-19-17-15-13-11-9-7-5-2/h74-82,84-87H,4-73H2,1-3H3/t74-,75+,76-,77+,78-,79-,80-,81-,82+,84+/m1/s1. The first kappa shape index (κ1) is 84.5. The topological polar surface area (TPSA) is 105 Å². The molecule has 1 aliphatic heterocycles. The Morgan fingerprint density at radius 3 is 0.813 bits per heavy atom. The molecule has 3 fully saturated rings. The van der Waals surface area contributed by atoms with Crippen LogP contribution in [0.1, 0.15) is 457 Å². The normalized spacial score (nSPS) is 21.1. The molecule has 7 heteroatoms. The van der Waals surface area contributed by atoms with E-state index in [0.717, 1.165) is 55.8 Å². The maximum Gasteiger partial charge on any atom is 0.311 e. The Hall–Kier alpha value is -0.730. The van der Waals surface area contributed by atoms with Crippen molar-refractivity contribution in [3.05, 3.63) is 0 Å². The molecule has 1 saturated heterocycles. The first-order valence-electron chi connectivity index (χ1n) is 42.3. The highest BCUT2D eigenvalue weighted by atomic mass is 16.7. The number of carbonyl (C=O) groups is 1. The molecule has 2 saturated carbocycles. The van der Waals surface area contributed by atoms with Crippen LogP contribution in [0.3, 0.4) is 0 Å². The molecule has 0 amide bonds. The summed E-state index contributed by atoms with van der Waals surface area (Å²) in [4.78, 5) is 13.5. The van der Waals surface area contributed by atoms with Crippen LogP contribution >= 0.6 is 0 Å². The number of hydrogen-bond acceptors (Lipinski definition) is 7. The van der Waals surface area contributed by atoms with E-state index in [9.17, 15) is 20.1 Å². The van der Waals surface area contributed by atoms with Gasteiger partial charge in [0.05, 0.1) is 12.0 Å². The highest BCUT2D eigenvalue weighted by Crippen LogP contribution is 2.47. The number of methoxy groups -OCH3 is 1. The van der Waals surface area contributed by atoms with Crippen LogP contribution in [0, 0.1) is 29.6 Å². The molecule has 7 nitrogen and oxygen atoms in total. The predicted octanol–water partition coefficient (Wildman–Crippen LogP) is 26.0. The number of aliphatic hydroxyl groups excluding tert-OH is 3. The summed E-state index contributed by atoms with van der Waals surface area (Å²) in [5, 5.41) is 32.0. The summed E-state index contributed by atoms with van der Waals surface area (Å²) < 4.78 is 16.4. The molecule has 3 N–H and O–H groups in total. The van der Waals surface area contributed by atoms with Gasteiger partial charge in [0.2, 0.25) is 0 Å².